The summed E-state index contributed by atoms with van der Waals surface area (Å²) >= 11 is 1.09. The lowest BCUT2D eigenvalue weighted by Crippen LogP contribution is -2.55. The van der Waals surface area contributed by atoms with Crippen molar-refractivity contribution in [3.8, 4) is 12.3 Å². The van der Waals surface area contributed by atoms with Crippen molar-refractivity contribution in [2.45, 2.75) is 35.6 Å². The number of piperidine rings is 1. The van der Waals surface area contributed by atoms with Gasteiger partial charge in [-0.1, -0.05) is 12.0 Å². The Hall–Kier alpha value is -1.93. The van der Waals surface area contributed by atoms with E-state index in [0.29, 0.717) is 6.42 Å². The van der Waals surface area contributed by atoms with Crippen LogP contribution in [0.15, 0.2) is 21.7 Å². The molecule has 2 amide bonds. The fraction of sp³-hybridized carbons (Fsp3) is 0.500. The molecule has 1 aromatic rings. The molecule has 1 aliphatic rings. The lowest BCUT2D eigenvalue weighted by Gasteiger charge is -2.36. The van der Waals surface area contributed by atoms with Crippen LogP contribution in [0.5, 0.6) is 0 Å². The number of hydrogen-bond acceptors (Lipinski definition) is 6. The van der Waals surface area contributed by atoms with E-state index in [1.54, 1.807) is 11.4 Å². The Labute approximate surface area is 156 Å². The monoisotopic (exact) mass is 399 g/mol. The summed E-state index contributed by atoms with van der Waals surface area (Å²) in [6.07, 6.45) is 5.49. The first-order valence-electron chi connectivity index (χ1n) is 8.02. The molecule has 1 fully saturated rings. The largest absolute Gasteiger partial charge is 0.370 e. The maximum atomic E-state index is 12.9. The fourth-order valence-corrected chi connectivity index (χ4v) is 5.44. The van der Waals surface area contributed by atoms with E-state index in [9.17, 15) is 18.0 Å². The van der Waals surface area contributed by atoms with Crippen molar-refractivity contribution < 1.29 is 22.7 Å². The molecule has 0 bridgehead atoms. The smallest absolute Gasteiger partial charge is 0.253 e. The summed E-state index contributed by atoms with van der Waals surface area (Å²) in [4.78, 5) is 23.4. The molecule has 0 saturated carbocycles. The summed E-state index contributed by atoms with van der Waals surface area (Å²) in [5.74, 6) is 1.33. The fourth-order valence-electron chi connectivity index (χ4n) is 2.71. The number of rotatable bonds is 8. The highest BCUT2D eigenvalue weighted by atomic mass is 32.2. The molecule has 2 heterocycles. The second-order valence-electron chi connectivity index (χ2n) is 5.73. The van der Waals surface area contributed by atoms with Crippen molar-refractivity contribution in [2.24, 2.45) is 5.73 Å². The van der Waals surface area contributed by atoms with E-state index in [-0.39, 0.29) is 42.9 Å². The van der Waals surface area contributed by atoms with Gasteiger partial charge in [0, 0.05) is 19.5 Å². The maximum absolute atomic E-state index is 12.9. The number of carbonyl (C=O) groups excluding carboxylic acids is 2. The molecule has 0 radical (unpaired) electrons. The molecule has 142 valence electrons. The topological polar surface area (TPSA) is 119 Å². The average Bonchev–Trinajstić information content (AvgIpc) is 3.14. The summed E-state index contributed by atoms with van der Waals surface area (Å²) in [5.41, 5.74) is 5.06. The molecule has 1 aliphatic heterocycles. The van der Waals surface area contributed by atoms with Gasteiger partial charge in [-0.05, 0) is 24.3 Å². The number of thiophene rings is 1. The van der Waals surface area contributed by atoms with Crippen molar-refractivity contribution in [1.29, 1.82) is 0 Å². The Bertz CT molecular complexity index is 770. The quantitative estimate of drug-likeness (QED) is 0.592. The molecule has 0 spiro atoms. The predicted molar refractivity (Wildman–Crippen MR) is 96.6 cm³/mol. The third kappa shape index (κ3) is 5.04. The molecule has 1 aromatic heterocycles. The molecule has 10 heteroatoms. The molecular formula is C16H21N3O5S2. The van der Waals surface area contributed by atoms with Gasteiger partial charge in [0.05, 0.1) is 6.10 Å². The number of terminal acetylenes is 1. The van der Waals surface area contributed by atoms with Gasteiger partial charge >= 0.3 is 0 Å². The average molecular weight is 399 g/mol. The normalized spacial score (nSPS) is 21.0. The van der Waals surface area contributed by atoms with E-state index in [4.69, 9.17) is 16.9 Å². The van der Waals surface area contributed by atoms with Crippen LogP contribution < -0.4 is 11.1 Å². The standard InChI is InChI=1S/C16H21N3O5S2/c1-2-9-24-12-6-8-19(26(22,23)15-4-3-10-25-15)13(11-12)16(21)18-7-5-14(17)20/h1,3-4,10,12-13H,5-9,11H2,(H2,17,20)(H,18,21). The Balaban J connectivity index is 2.17. The van der Waals surface area contributed by atoms with Crippen molar-refractivity contribution in [1.82, 2.24) is 9.62 Å². The van der Waals surface area contributed by atoms with Gasteiger partial charge in [0.25, 0.3) is 10.0 Å². The lowest BCUT2D eigenvalue weighted by molar-refractivity contribution is -0.127. The van der Waals surface area contributed by atoms with Gasteiger partial charge in [0.1, 0.15) is 16.9 Å². The van der Waals surface area contributed by atoms with Crippen molar-refractivity contribution in [3.05, 3.63) is 17.5 Å². The van der Waals surface area contributed by atoms with Gasteiger partial charge in [0.15, 0.2) is 0 Å². The highest BCUT2D eigenvalue weighted by Crippen LogP contribution is 2.29. The van der Waals surface area contributed by atoms with Gasteiger partial charge in [-0.2, -0.15) is 4.31 Å². The van der Waals surface area contributed by atoms with Gasteiger partial charge in [-0.25, -0.2) is 8.42 Å². The number of ether oxygens (including phenoxy) is 1. The van der Waals surface area contributed by atoms with E-state index in [0.717, 1.165) is 11.3 Å². The van der Waals surface area contributed by atoms with Gasteiger partial charge in [-0.3, -0.25) is 9.59 Å². The lowest BCUT2D eigenvalue weighted by atomic mass is 10.0. The minimum absolute atomic E-state index is 0.0207. The zero-order valence-corrected chi connectivity index (χ0v) is 15.7. The van der Waals surface area contributed by atoms with Crippen LogP contribution in [0.25, 0.3) is 0 Å². The van der Waals surface area contributed by atoms with Crippen LogP contribution in [0.4, 0.5) is 0 Å². The summed E-state index contributed by atoms with van der Waals surface area (Å²) in [6.45, 7) is 0.287. The third-order valence-electron chi connectivity index (χ3n) is 3.94. The molecule has 2 unspecified atom stereocenters. The minimum Gasteiger partial charge on any atom is -0.370 e. The molecule has 26 heavy (non-hydrogen) atoms. The molecule has 0 aliphatic carbocycles. The number of carbonyl (C=O) groups is 2. The van der Waals surface area contributed by atoms with E-state index in [2.05, 4.69) is 11.2 Å². The zero-order valence-electron chi connectivity index (χ0n) is 14.1. The van der Waals surface area contributed by atoms with E-state index in [1.807, 2.05) is 0 Å². The summed E-state index contributed by atoms with van der Waals surface area (Å²) in [7, 11) is -3.79. The van der Waals surface area contributed by atoms with E-state index >= 15 is 0 Å². The van der Waals surface area contributed by atoms with Crippen molar-refractivity contribution in [2.75, 3.05) is 19.7 Å². The van der Waals surface area contributed by atoms with Gasteiger partial charge < -0.3 is 15.8 Å². The van der Waals surface area contributed by atoms with Crippen LogP contribution in [0.3, 0.4) is 0 Å². The van der Waals surface area contributed by atoms with Gasteiger partial charge in [-0.15, -0.1) is 17.8 Å². The Morgan fingerprint density at radius 1 is 1.50 bits per heavy atom. The number of nitrogens with zero attached hydrogens (tertiary/aromatic N) is 1. The molecule has 1 saturated heterocycles. The molecule has 2 rings (SSSR count). The van der Waals surface area contributed by atoms with Crippen molar-refractivity contribution in [3.63, 3.8) is 0 Å². The van der Waals surface area contributed by atoms with Crippen LogP contribution in [0.2, 0.25) is 0 Å². The number of amides is 2. The second kappa shape index (κ2) is 9.14. The number of nitrogens with two attached hydrogens (primary N) is 1. The Morgan fingerprint density at radius 3 is 2.88 bits per heavy atom. The first-order valence-corrected chi connectivity index (χ1v) is 10.3. The zero-order chi connectivity index (χ0) is 19.2. The van der Waals surface area contributed by atoms with E-state index in [1.165, 1.54) is 10.4 Å². The molecule has 3 N–H and O–H groups in total. The third-order valence-corrected chi connectivity index (χ3v) is 7.22. The minimum atomic E-state index is -3.79. The molecule has 2 atom stereocenters. The number of sulfonamides is 1. The highest BCUT2D eigenvalue weighted by Gasteiger charge is 2.41. The number of nitrogens with one attached hydrogen (secondary N) is 1. The number of primary amides is 1. The Kier molecular flexibility index (Phi) is 7.16. The number of hydrogen-bond donors (Lipinski definition) is 2. The SMILES string of the molecule is C#CCOC1CCN(S(=O)(=O)c2cccs2)C(C(=O)NCCC(N)=O)C1. The maximum Gasteiger partial charge on any atom is 0.253 e. The summed E-state index contributed by atoms with van der Waals surface area (Å²) in [6, 6.07) is 2.21. The Morgan fingerprint density at radius 2 is 2.27 bits per heavy atom. The van der Waals surface area contributed by atoms with Crippen LogP contribution in [-0.2, 0) is 24.3 Å². The molecule has 0 aromatic carbocycles. The first-order chi connectivity index (χ1) is 12.4. The predicted octanol–water partition coefficient (Wildman–Crippen LogP) is -0.0888. The second-order valence-corrected chi connectivity index (χ2v) is 8.80. The van der Waals surface area contributed by atoms with Crippen molar-refractivity contribution >= 4 is 33.2 Å². The molecular weight excluding hydrogens is 378 g/mol. The molecule has 8 nitrogen and oxygen atoms in total. The van der Waals surface area contributed by atoms with Crippen LogP contribution in [0.1, 0.15) is 19.3 Å². The van der Waals surface area contributed by atoms with Crippen LogP contribution >= 0.6 is 11.3 Å². The van der Waals surface area contributed by atoms with Crippen LogP contribution in [0, 0.1) is 12.3 Å². The van der Waals surface area contributed by atoms with Gasteiger partial charge in [0.2, 0.25) is 11.8 Å². The first kappa shape index (κ1) is 20.4. The van der Waals surface area contributed by atoms with E-state index < -0.39 is 27.9 Å². The summed E-state index contributed by atoms with van der Waals surface area (Å²) in [5, 5.41) is 4.23. The summed E-state index contributed by atoms with van der Waals surface area (Å²) < 4.78 is 32.6. The highest BCUT2D eigenvalue weighted by molar-refractivity contribution is 7.91. The van der Waals surface area contributed by atoms with Crippen LogP contribution in [-0.4, -0.2) is 56.4 Å².